The Morgan fingerprint density at radius 1 is 1.44 bits per heavy atom. The summed E-state index contributed by atoms with van der Waals surface area (Å²) in [5.74, 6) is 0. The Bertz CT molecular complexity index is 69.9. The third kappa shape index (κ3) is 8.11. The Labute approximate surface area is 57.4 Å². The molecule has 0 amide bonds. The Morgan fingerprint density at radius 3 is 2.33 bits per heavy atom. The van der Waals surface area contributed by atoms with Crippen LogP contribution >= 0.6 is 0 Å². The van der Waals surface area contributed by atoms with E-state index in [1.54, 1.807) is 20.2 Å². The average molecular weight is 150 g/mol. The third-order valence-electron chi connectivity index (χ3n) is 1.12. The summed E-state index contributed by atoms with van der Waals surface area (Å²) in [7, 11) is -0.629. The van der Waals surface area contributed by atoms with Crippen molar-refractivity contribution in [2.45, 2.75) is 25.6 Å². The van der Waals surface area contributed by atoms with E-state index < -0.39 is 8.41 Å². The first kappa shape index (κ1) is 9.11. The third-order valence-corrected chi connectivity index (χ3v) is 2.66. The van der Waals surface area contributed by atoms with Crippen LogP contribution in [0.1, 0.15) is 6.42 Å². The summed E-state index contributed by atoms with van der Waals surface area (Å²) >= 11 is 0. The minimum Gasteiger partial charge on any atom is -0.385 e. The zero-order valence-electron chi connectivity index (χ0n) is 6.41. The predicted molar refractivity (Wildman–Crippen MR) is 39.9 cm³/mol. The zero-order valence-corrected chi connectivity index (χ0v) is 7.41. The van der Waals surface area contributed by atoms with Gasteiger partial charge in [-0.15, -0.1) is 0 Å². The van der Waals surface area contributed by atoms with Crippen molar-refractivity contribution < 1.29 is 8.84 Å². The van der Waals surface area contributed by atoms with Crippen molar-refractivity contribution in [2.75, 3.05) is 13.7 Å². The van der Waals surface area contributed by atoms with Gasteiger partial charge >= 0.3 is 0 Å². The van der Waals surface area contributed by atoms with E-state index in [2.05, 4.69) is 0 Å². The first-order valence-electron chi connectivity index (χ1n) is 3.24. The van der Waals surface area contributed by atoms with E-state index in [1.165, 1.54) is 0 Å². The van der Waals surface area contributed by atoms with Gasteiger partial charge in [0.05, 0.1) is 0 Å². The smallest absolute Gasteiger partial charge is 0.241 e. The lowest BCUT2D eigenvalue weighted by Gasteiger charge is -2.08. The van der Waals surface area contributed by atoms with Crippen LogP contribution in [0.5, 0.6) is 0 Å². The summed E-state index contributed by atoms with van der Waals surface area (Å²) < 4.78 is 17.6. The molecule has 3 heteroatoms. The molecule has 0 unspecified atom stereocenters. The van der Waals surface area contributed by atoms with Crippen molar-refractivity contribution >= 4 is 8.41 Å². The molecular weight excluding hydrogens is 135 g/mol. The molecule has 0 radical (unpaired) electrons. The maximum absolute atomic E-state index is 12.8. The van der Waals surface area contributed by atoms with E-state index in [4.69, 9.17) is 4.74 Å². The van der Waals surface area contributed by atoms with Gasteiger partial charge in [-0.3, -0.25) is 0 Å². The number of hydrogen-bond donors (Lipinski definition) is 0. The van der Waals surface area contributed by atoms with Gasteiger partial charge in [0.2, 0.25) is 8.41 Å². The Kier molecular flexibility index (Phi) is 4.06. The molecule has 0 aromatic rings. The number of methoxy groups -OCH3 is 1. The number of hydrogen-bond acceptors (Lipinski definition) is 1. The van der Waals surface area contributed by atoms with Crippen LogP contribution in [0.2, 0.25) is 19.1 Å². The van der Waals surface area contributed by atoms with Crippen molar-refractivity contribution in [3.63, 3.8) is 0 Å². The van der Waals surface area contributed by atoms with Gasteiger partial charge in [-0.25, -0.2) is 0 Å². The molecule has 0 spiro atoms. The molecular formula is C6H15FOSi. The van der Waals surface area contributed by atoms with Crippen LogP contribution < -0.4 is 0 Å². The van der Waals surface area contributed by atoms with Crippen molar-refractivity contribution in [3.8, 4) is 0 Å². The van der Waals surface area contributed by atoms with Gasteiger partial charge < -0.3 is 8.84 Å². The first-order chi connectivity index (χ1) is 4.06. The fourth-order valence-corrected chi connectivity index (χ4v) is 1.62. The highest BCUT2D eigenvalue weighted by Crippen LogP contribution is 2.12. The first-order valence-corrected chi connectivity index (χ1v) is 6.32. The van der Waals surface area contributed by atoms with Gasteiger partial charge in [0.15, 0.2) is 0 Å². The average Bonchev–Trinajstić information content (AvgIpc) is 1.63. The molecule has 0 saturated heterocycles. The highest BCUT2D eigenvalue weighted by molar-refractivity contribution is 6.70. The van der Waals surface area contributed by atoms with Crippen LogP contribution in [0.15, 0.2) is 0 Å². The van der Waals surface area contributed by atoms with Gasteiger partial charge in [-0.05, 0) is 25.6 Å². The maximum atomic E-state index is 12.8. The molecule has 0 atom stereocenters. The van der Waals surface area contributed by atoms with Crippen LogP contribution in [-0.2, 0) is 4.74 Å². The Morgan fingerprint density at radius 2 is 2.00 bits per heavy atom. The highest BCUT2D eigenvalue weighted by atomic mass is 28.4. The Balaban J connectivity index is 3.07. The minimum absolute atomic E-state index is 0.695. The molecule has 0 heterocycles. The molecule has 1 nitrogen and oxygen atoms in total. The molecule has 0 saturated carbocycles. The van der Waals surface area contributed by atoms with Crippen molar-refractivity contribution in [1.82, 2.24) is 0 Å². The van der Waals surface area contributed by atoms with Crippen LogP contribution in [-0.4, -0.2) is 22.1 Å². The lowest BCUT2D eigenvalue weighted by molar-refractivity contribution is 0.198. The van der Waals surface area contributed by atoms with Gasteiger partial charge in [0.25, 0.3) is 0 Å². The number of halogens is 1. The van der Waals surface area contributed by atoms with Crippen LogP contribution in [0.4, 0.5) is 4.11 Å². The molecule has 0 rings (SSSR count). The van der Waals surface area contributed by atoms with Crippen LogP contribution in [0, 0.1) is 0 Å². The Hall–Kier alpha value is 0.107. The van der Waals surface area contributed by atoms with Gasteiger partial charge in [-0.2, -0.15) is 0 Å². The lowest BCUT2D eigenvalue weighted by Crippen LogP contribution is -2.17. The van der Waals surface area contributed by atoms with Gasteiger partial charge in [0.1, 0.15) is 0 Å². The van der Waals surface area contributed by atoms with Crippen LogP contribution in [0.3, 0.4) is 0 Å². The van der Waals surface area contributed by atoms with Crippen LogP contribution in [0.25, 0.3) is 0 Å². The summed E-state index contributed by atoms with van der Waals surface area (Å²) in [5.41, 5.74) is 0. The second-order valence-electron chi connectivity index (χ2n) is 2.82. The van der Waals surface area contributed by atoms with Crippen molar-refractivity contribution in [3.05, 3.63) is 0 Å². The van der Waals surface area contributed by atoms with E-state index in [0.717, 1.165) is 12.5 Å². The molecule has 0 fully saturated rings. The summed E-state index contributed by atoms with van der Waals surface area (Å²) in [6, 6.07) is 0.723. The minimum atomic E-state index is -2.27. The number of rotatable bonds is 4. The largest absolute Gasteiger partial charge is 0.385 e. The van der Waals surface area contributed by atoms with E-state index in [9.17, 15) is 4.11 Å². The molecule has 0 aromatic heterocycles. The van der Waals surface area contributed by atoms with E-state index in [1.807, 2.05) is 0 Å². The molecule has 0 aliphatic carbocycles. The molecule has 0 aromatic carbocycles. The quantitative estimate of drug-likeness (QED) is 0.339. The second kappa shape index (κ2) is 4.01. The number of ether oxygens (including phenoxy) is 1. The normalized spacial score (nSPS) is 12.0. The van der Waals surface area contributed by atoms with Gasteiger partial charge in [-0.1, -0.05) is 0 Å². The SMILES string of the molecule is COCCC[Si](C)(C)F. The predicted octanol–water partition coefficient (Wildman–Crippen LogP) is 2.20. The summed E-state index contributed by atoms with van der Waals surface area (Å²) in [4.78, 5) is 0. The standard InChI is InChI=1S/C6H15FOSi/c1-8-5-4-6-9(2,3)7/h4-6H2,1-3H3. The molecule has 9 heavy (non-hydrogen) atoms. The molecule has 0 aliphatic heterocycles. The fourth-order valence-electron chi connectivity index (χ4n) is 0.637. The molecule has 0 bridgehead atoms. The molecule has 56 valence electrons. The summed E-state index contributed by atoms with van der Waals surface area (Å²) in [6.07, 6.45) is 0.867. The molecule has 0 aliphatic rings. The maximum Gasteiger partial charge on any atom is 0.241 e. The van der Waals surface area contributed by atoms with Crippen molar-refractivity contribution in [2.24, 2.45) is 0 Å². The topological polar surface area (TPSA) is 9.23 Å². The molecule has 0 N–H and O–H groups in total. The summed E-state index contributed by atoms with van der Waals surface area (Å²) in [5, 5.41) is 0. The van der Waals surface area contributed by atoms with E-state index >= 15 is 0 Å². The van der Waals surface area contributed by atoms with Gasteiger partial charge in [0, 0.05) is 13.7 Å². The zero-order chi connectivity index (χ0) is 7.33. The lowest BCUT2D eigenvalue weighted by atomic mass is 10.5. The monoisotopic (exact) mass is 150 g/mol. The second-order valence-corrected chi connectivity index (χ2v) is 6.75. The summed E-state index contributed by atoms with van der Waals surface area (Å²) in [6.45, 7) is 4.14. The van der Waals surface area contributed by atoms with Crippen molar-refractivity contribution in [1.29, 1.82) is 0 Å². The fraction of sp³-hybridized carbons (Fsp3) is 1.00. The van der Waals surface area contributed by atoms with E-state index in [-0.39, 0.29) is 0 Å². The highest BCUT2D eigenvalue weighted by Gasteiger charge is 2.18. The van der Waals surface area contributed by atoms with E-state index in [0.29, 0.717) is 6.61 Å².